The summed E-state index contributed by atoms with van der Waals surface area (Å²) in [4.78, 5) is 28.0. The van der Waals surface area contributed by atoms with E-state index in [-0.39, 0.29) is 24.4 Å². The van der Waals surface area contributed by atoms with Crippen LogP contribution in [-0.2, 0) is 11.4 Å². The average molecular weight is 395 g/mol. The highest BCUT2D eigenvalue weighted by molar-refractivity contribution is 7.08. The maximum Gasteiger partial charge on any atom is 0.252 e. The topological polar surface area (TPSA) is 80.3 Å². The number of amides is 2. The molecule has 0 aliphatic carbocycles. The van der Waals surface area contributed by atoms with Crippen molar-refractivity contribution in [2.24, 2.45) is 0 Å². The van der Waals surface area contributed by atoms with E-state index in [9.17, 15) is 9.59 Å². The van der Waals surface area contributed by atoms with E-state index in [1.165, 1.54) is 11.3 Å². The molecule has 0 bridgehead atoms. The second-order valence-electron chi connectivity index (χ2n) is 6.20. The number of benzene rings is 1. The molecule has 3 rings (SSSR count). The highest BCUT2D eigenvalue weighted by atomic mass is 32.1. The second kappa shape index (κ2) is 9.66. The molecule has 28 heavy (non-hydrogen) atoms. The van der Waals surface area contributed by atoms with Crippen LogP contribution in [0.3, 0.4) is 0 Å². The minimum Gasteiger partial charge on any atom is -0.489 e. The van der Waals surface area contributed by atoms with Crippen molar-refractivity contribution >= 4 is 23.2 Å². The zero-order valence-corrected chi connectivity index (χ0v) is 16.2. The van der Waals surface area contributed by atoms with Crippen LogP contribution in [0, 0.1) is 0 Å². The van der Waals surface area contributed by atoms with E-state index in [4.69, 9.17) is 4.74 Å². The van der Waals surface area contributed by atoms with E-state index in [1.807, 2.05) is 48.7 Å². The molecule has 2 N–H and O–H groups in total. The van der Waals surface area contributed by atoms with Crippen molar-refractivity contribution in [2.75, 3.05) is 6.54 Å². The Morgan fingerprint density at radius 1 is 1.18 bits per heavy atom. The smallest absolute Gasteiger partial charge is 0.252 e. The number of aromatic nitrogens is 1. The Morgan fingerprint density at radius 2 is 2.00 bits per heavy atom. The van der Waals surface area contributed by atoms with Gasteiger partial charge in [-0.05, 0) is 42.1 Å². The van der Waals surface area contributed by atoms with Gasteiger partial charge in [0.25, 0.3) is 5.91 Å². The van der Waals surface area contributed by atoms with Crippen LogP contribution in [0.5, 0.6) is 5.75 Å². The number of rotatable bonds is 8. The van der Waals surface area contributed by atoms with Gasteiger partial charge in [0.1, 0.15) is 12.4 Å². The quantitative estimate of drug-likeness (QED) is 0.613. The largest absolute Gasteiger partial charge is 0.489 e. The van der Waals surface area contributed by atoms with E-state index >= 15 is 0 Å². The molecule has 2 aromatic heterocycles. The summed E-state index contributed by atoms with van der Waals surface area (Å²) < 4.78 is 5.73. The van der Waals surface area contributed by atoms with Crippen molar-refractivity contribution in [3.63, 3.8) is 0 Å². The minimum absolute atomic E-state index is 0.0642. The molecular weight excluding hydrogens is 374 g/mol. The van der Waals surface area contributed by atoms with Crippen LogP contribution in [0.2, 0.25) is 0 Å². The third-order valence-corrected chi connectivity index (χ3v) is 4.76. The van der Waals surface area contributed by atoms with Gasteiger partial charge >= 0.3 is 0 Å². The van der Waals surface area contributed by atoms with E-state index < -0.39 is 0 Å². The van der Waals surface area contributed by atoms with E-state index in [1.54, 1.807) is 23.8 Å². The van der Waals surface area contributed by atoms with Crippen molar-refractivity contribution in [2.45, 2.75) is 19.6 Å². The summed E-state index contributed by atoms with van der Waals surface area (Å²) in [6.07, 6.45) is 3.49. The molecule has 3 aromatic rings. The fraction of sp³-hybridized carbons (Fsp3) is 0.190. The van der Waals surface area contributed by atoms with Crippen LogP contribution in [0.25, 0.3) is 0 Å². The Balaban J connectivity index is 1.45. The number of thiophene rings is 1. The first-order valence-electron chi connectivity index (χ1n) is 8.83. The van der Waals surface area contributed by atoms with Crippen LogP contribution >= 0.6 is 11.3 Å². The number of ether oxygens (including phenoxy) is 1. The average Bonchev–Trinajstić information content (AvgIpc) is 3.26. The summed E-state index contributed by atoms with van der Waals surface area (Å²) in [5.41, 5.74) is 2.51. The minimum atomic E-state index is -0.251. The van der Waals surface area contributed by atoms with E-state index in [2.05, 4.69) is 15.6 Å². The van der Waals surface area contributed by atoms with Crippen LogP contribution in [0.4, 0.5) is 0 Å². The molecule has 0 saturated heterocycles. The van der Waals surface area contributed by atoms with Gasteiger partial charge in [0.05, 0.1) is 12.6 Å². The number of nitrogens with zero attached hydrogens (tertiary/aromatic N) is 1. The molecule has 0 spiro atoms. The lowest BCUT2D eigenvalue weighted by Gasteiger charge is -2.15. The molecule has 1 unspecified atom stereocenters. The van der Waals surface area contributed by atoms with Gasteiger partial charge in [-0.1, -0.05) is 18.2 Å². The summed E-state index contributed by atoms with van der Waals surface area (Å²) >= 11 is 1.44. The van der Waals surface area contributed by atoms with Crippen LogP contribution in [0.1, 0.15) is 34.5 Å². The van der Waals surface area contributed by atoms with Gasteiger partial charge in [0, 0.05) is 28.9 Å². The number of nitrogens with one attached hydrogen (secondary N) is 2. The van der Waals surface area contributed by atoms with Gasteiger partial charge in [0.15, 0.2) is 0 Å². The van der Waals surface area contributed by atoms with Gasteiger partial charge < -0.3 is 15.4 Å². The Labute approximate surface area is 167 Å². The summed E-state index contributed by atoms with van der Waals surface area (Å²) in [5.74, 6) is 0.251. The molecule has 1 aromatic carbocycles. The van der Waals surface area contributed by atoms with Crippen molar-refractivity contribution in [3.8, 4) is 5.75 Å². The number of carbonyl (C=O) groups is 2. The normalized spacial score (nSPS) is 11.5. The monoisotopic (exact) mass is 395 g/mol. The maximum atomic E-state index is 12.1. The third-order valence-electron chi connectivity index (χ3n) is 4.08. The first kappa shape index (κ1) is 19.6. The standard InChI is InChI=1S/C21H21N3O3S/c1-15(24-20(25)12-23-21(26)18-8-10-28-14-18)17-4-6-19(7-5-17)27-13-16-3-2-9-22-11-16/h2-11,14-15H,12-13H2,1H3,(H,23,26)(H,24,25). The second-order valence-corrected chi connectivity index (χ2v) is 6.98. The number of hydrogen-bond acceptors (Lipinski definition) is 5. The number of hydrogen-bond donors (Lipinski definition) is 2. The summed E-state index contributed by atoms with van der Waals surface area (Å²) in [6.45, 7) is 2.28. The molecule has 2 amide bonds. The zero-order chi connectivity index (χ0) is 19.8. The summed E-state index contributed by atoms with van der Waals surface area (Å²) in [5, 5.41) is 9.05. The number of carbonyl (C=O) groups excluding carboxylic acids is 2. The predicted molar refractivity (Wildman–Crippen MR) is 108 cm³/mol. The Kier molecular flexibility index (Phi) is 6.75. The van der Waals surface area contributed by atoms with Crippen molar-refractivity contribution in [3.05, 3.63) is 82.3 Å². The lowest BCUT2D eigenvalue weighted by Crippen LogP contribution is -2.37. The van der Waals surface area contributed by atoms with E-state index in [0.29, 0.717) is 12.2 Å². The van der Waals surface area contributed by atoms with Crippen LogP contribution in [0.15, 0.2) is 65.6 Å². The highest BCUT2D eigenvalue weighted by Crippen LogP contribution is 2.18. The Morgan fingerprint density at radius 3 is 2.68 bits per heavy atom. The first-order chi connectivity index (χ1) is 13.6. The molecule has 144 valence electrons. The lowest BCUT2D eigenvalue weighted by molar-refractivity contribution is -0.120. The maximum absolute atomic E-state index is 12.1. The first-order valence-corrected chi connectivity index (χ1v) is 9.77. The molecular formula is C21H21N3O3S. The van der Waals surface area contributed by atoms with Gasteiger partial charge in [0.2, 0.25) is 5.91 Å². The summed E-state index contributed by atoms with van der Waals surface area (Å²) in [7, 11) is 0. The Bertz CT molecular complexity index is 896. The molecule has 0 saturated carbocycles. The van der Waals surface area contributed by atoms with Crippen molar-refractivity contribution < 1.29 is 14.3 Å². The SMILES string of the molecule is CC(NC(=O)CNC(=O)c1ccsc1)c1ccc(OCc2cccnc2)cc1. The van der Waals surface area contributed by atoms with Crippen LogP contribution < -0.4 is 15.4 Å². The lowest BCUT2D eigenvalue weighted by atomic mass is 10.1. The molecule has 0 radical (unpaired) electrons. The van der Waals surface area contributed by atoms with Gasteiger partial charge in [-0.2, -0.15) is 11.3 Å². The molecule has 0 fully saturated rings. The van der Waals surface area contributed by atoms with E-state index in [0.717, 1.165) is 16.9 Å². The molecule has 2 heterocycles. The fourth-order valence-corrected chi connectivity index (χ4v) is 3.17. The molecule has 0 aliphatic rings. The van der Waals surface area contributed by atoms with Gasteiger partial charge in [-0.3, -0.25) is 14.6 Å². The molecule has 0 aliphatic heterocycles. The fourth-order valence-electron chi connectivity index (χ4n) is 2.54. The molecule has 7 heteroatoms. The van der Waals surface area contributed by atoms with Gasteiger partial charge in [-0.25, -0.2) is 0 Å². The van der Waals surface area contributed by atoms with Crippen molar-refractivity contribution in [1.29, 1.82) is 0 Å². The highest BCUT2D eigenvalue weighted by Gasteiger charge is 2.12. The predicted octanol–water partition coefficient (Wildman–Crippen LogP) is 3.33. The molecule has 1 atom stereocenters. The van der Waals surface area contributed by atoms with Gasteiger partial charge in [-0.15, -0.1) is 0 Å². The molecule has 6 nitrogen and oxygen atoms in total. The number of pyridine rings is 1. The summed E-state index contributed by atoms with van der Waals surface area (Å²) in [6, 6.07) is 12.9. The van der Waals surface area contributed by atoms with Crippen molar-refractivity contribution in [1.82, 2.24) is 15.6 Å². The van der Waals surface area contributed by atoms with Crippen LogP contribution in [-0.4, -0.2) is 23.3 Å². The third kappa shape index (κ3) is 5.65. The Hall–Kier alpha value is -3.19. The zero-order valence-electron chi connectivity index (χ0n) is 15.4.